The van der Waals surface area contributed by atoms with E-state index in [9.17, 15) is 70.2 Å². The second-order valence-electron chi connectivity index (χ2n) is 4.19. The molecule has 0 saturated carbocycles. The van der Waals surface area contributed by atoms with E-state index >= 15 is 0 Å². The molecule has 24 heavy (non-hydrogen) atoms. The third-order valence-electron chi connectivity index (χ3n) is 2.77. The molecule has 0 fully saturated rings. The maximum Gasteiger partial charge on any atom is 0.459 e. The van der Waals surface area contributed by atoms with Gasteiger partial charge in [-0.1, -0.05) is 0 Å². The first kappa shape index (κ1) is 22.9. The fraction of sp³-hybridized carbons (Fsp3) is 1.00. The summed E-state index contributed by atoms with van der Waals surface area (Å²) in [6, 6.07) is 0. The third kappa shape index (κ3) is 2.84. The molecule has 0 spiro atoms. The molecule has 0 aliphatic rings. The molecule has 0 aromatic carbocycles. The first-order valence-corrected chi connectivity index (χ1v) is 4.98. The highest BCUT2D eigenvalue weighted by molar-refractivity contribution is 5.14. The summed E-state index contributed by atoms with van der Waals surface area (Å²) in [7, 11) is 0. The Hall–Kier alpha value is -1.12. The molecule has 0 aliphatic carbocycles. The minimum atomic E-state index is -8.40. The van der Waals surface area contributed by atoms with Crippen LogP contribution in [0.1, 0.15) is 0 Å². The fourth-order valence-electron chi connectivity index (χ4n) is 1.62. The van der Waals surface area contributed by atoms with Crippen LogP contribution in [0.3, 0.4) is 0 Å². The van der Waals surface area contributed by atoms with Gasteiger partial charge in [-0.25, -0.2) is 13.2 Å². The first-order valence-electron chi connectivity index (χ1n) is 4.98. The highest BCUT2D eigenvalue weighted by atomic mass is 19.4. The average molecular weight is 402 g/mol. The summed E-state index contributed by atoms with van der Waals surface area (Å²) in [6.45, 7) is 0. The van der Waals surface area contributed by atoms with E-state index in [1.165, 1.54) is 0 Å². The van der Waals surface area contributed by atoms with Gasteiger partial charge >= 0.3 is 30.4 Å². The number of hydrogen-bond acceptors (Lipinski definition) is 0. The van der Waals surface area contributed by atoms with E-state index in [1.54, 1.807) is 0 Å². The van der Waals surface area contributed by atoms with Gasteiger partial charge in [0.15, 0.2) is 6.17 Å². The van der Waals surface area contributed by atoms with Gasteiger partial charge in [-0.3, -0.25) is 0 Å². The molecule has 0 aliphatic heterocycles. The summed E-state index contributed by atoms with van der Waals surface area (Å²) >= 11 is 0. The topological polar surface area (TPSA) is 0 Å². The van der Waals surface area contributed by atoms with E-state index in [2.05, 4.69) is 0 Å². The van der Waals surface area contributed by atoms with E-state index in [-0.39, 0.29) is 0 Å². The van der Waals surface area contributed by atoms with Crippen molar-refractivity contribution in [3.63, 3.8) is 0 Å². The number of alkyl halides is 16. The van der Waals surface area contributed by atoms with E-state index < -0.39 is 48.4 Å². The average Bonchev–Trinajstić information content (AvgIpc) is 2.22. The first-order chi connectivity index (χ1) is 10.1. The highest BCUT2D eigenvalue weighted by Crippen LogP contribution is 2.67. The molecular formula is C8H2F16. The summed E-state index contributed by atoms with van der Waals surface area (Å²) in [5.41, 5.74) is -8.03. The summed E-state index contributed by atoms with van der Waals surface area (Å²) in [6.07, 6.45) is -35.6. The Labute approximate surface area is 120 Å². The summed E-state index contributed by atoms with van der Waals surface area (Å²) in [4.78, 5) is 0. The van der Waals surface area contributed by atoms with Crippen LogP contribution in [-0.2, 0) is 0 Å². The third-order valence-corrected chi connectivity index (χ3v) is 2.77. The zero-order valence-corrected chi connectivity index (χ0v) is 10.2. The van der Waals surface area contributed by atoms with Crippen molar-refractivity contribution in [3.8, 4) is 0 Å². The van der Waals surface area contributed by atoms with E-state index in [0.717, 1.165) is 0 Å². The van der Waals surface area contributed by atoms with Crippen molar-refractivity contribution < 1.29 is 70.2 Å². The lowest BCUT2D eigenvalue weighted by molar-refractivity contribution is -0.475. The molecule has 0 heterocycles. The van der Waals surface area contributed by atoms with Gasteiger partial charge in [0.05, 0.1) is 0 Å². The molecular weight excluding hydrogens is 400 g/mol. The van der Waals surface area contributed by atoms with Crippen LogP contribution < -0.4 is 0 Å². The molecule has 0 N–H and O–H groups in total. The molecule has 0 rings (SSSR count). The molecule has 0 nitrogen and oxygen atoms in total. The highest BCUT2D eigenvalue weighted by Gasteiger charge is 2.95. The largest absolute Gasteiger partial charge is 0.459 e. The van der Waals surface area contributed by atoms with Crippen molar-refractivity contribution in [2.24, 2.45) is 5.41 Å². The lowest BCUT2D eigenvalue weighted by Gasteiger charge is -2.46. The lowest BCUT2D eigenvalue weighted by atomic mass is 9.72. The van der Waals surface area contributed by atoms with Crippen molar-refractivity contribution >= 4 is 0 Å². The molecule has 0 radical (unpaired) electrons. The van der Waals surface area contributed by atoms with Gasteiger partial charge in [0.1, 0.15) is 0 Å². The smallest absolute Gasteiger partial charge is 0.240 e. The van der Waals surface area contributed by atoms with Gasteiger partial charge in [0, 0.05) is 0 Å². The molecule has 146 valence electrons. The van der Waals surface area contributed by atoms with Gasteiger partial charge < -0.3 is 0 Å². The lowest BCUT2D eigenvalue weighted by Crippen LogP contribution is -2.74. The Morgan fingerprint density at radius 1 is 0.417 bits per heavy atom. The molecule has 0 aromatic rings. The predicted octanol–water partition coefficient (Wildman–Crippen LogP) is 5.53. The monoisotopic (exact) mass is 402 g/mol. The quantitative estimate of drug-likeness (QED) is 0.543. The van der Waals surface area contributed by atoms with Crippen LogP contribution >= 0.6 is 0 Å². The zero-order chi connectivity index (χ0) is 20.2. The molecule has 16 heteroatoms. The maximum absolute atomic E-state index is 13.1. The van der Waals surface area contributed by atoms with Crippen LogP contribution in [0.25, 0.3) is 0 Å². The Morgan fingerprint density at radius 2 is 0.708 bits per heavy atom. The van der Waals surface area contributed by atoms with Gasteiger partial charge in [0.25, 0.3) is 11.8 Å². The number of rotatable bonds is 4. The predicted molar refractivity (Wildman–Crippen MR) is 41.4 cm³/mol. The van der Waals surface area contributed by atoms with Crippen molar-refractivity contribution in [2.45, 2.75) is 43.0 Å². The van der Waals surface area contributed by atoms with Crippen LogP contribution in [0, 0.1) is 5.41 Å². The molecule has 1 unspecified atom stereocenters. The van der Waals surface area contributed by atoms with E-state index in [1.807, 2.05) is 0 Å². The molecule has 0 amide bonds. The minimum absolute atomic E-state index is 5.62. The Bertz CT molecular complexity index is 420. The van der Waals surface area contributed by atoms with Crippen LogP contribution in [0.2, 0.25) is 0 Å². The van der Waals surface area contributed by atoms with Crippen LogP contribution in [0.15, 0.2) is 0 Å². The summed E-state index contributed by atoms with van der Waals surface area (Å²) in [5, 5.41) is 0. The molecule has 0 aromatic heterocycles. The van der Waals surface area contributed by atoms with Crippen LogP contribution in [0.5, 0.6) is 0 Å². The Morgan fingerprint density at radius 3 is 0.875 bits per heavy atom. The van der Waals surface area contributed by atoms with E-state index in [0.29, 0.717) is 0 Å². The summed E-state index contributed by atoms with van der Waals surface area (Å²) in [5.74, 6) is -16.5. The normalized spacial score (nSPS) is 17.4. The fourth-order valence-corrected chi connectivity index (χ4v) is 1.62. The maximum atomic E-state index is 13.1. The molecule has 0 saturated heterocycles. The van der Waals surface area contributed by atoms with Gasteiger partial charge in [-0.2, -0.15) is 57.1 Å². The molecule has 0 bridgehead atoms. The van der Waals surface area contributed by atoms with Crippen molar-refractivity contribution in [2.75, 3.05) is 0 Å². The SMILES string of the molecule is FC(F)C(F)C(C(F)(F)F)(C(F)(F)F)C(F)(F)C(F)(F)C(F)(F)F. The molecule has 1 atom stereocenters. The standard InChI is InChI=1S/C8H2F16/c9-1(2(10)11)3(6(16,17)18,7(19,20)21)4(12,13)5(14,15)8(22,23)24/h1-2H. The second-order valence-corrected chi connectivity index (χ2v) is 4.19. The Balaban J connectivity index is 7.09. The summed E-state index contributed by atoms with van der Waals surface area (Å²) < 4.78 is 198. The van der Waals surface area contributed by atoms with Gasteiger partial charge in [-0.05, 0) is 0 Å². The van der Waals surface area contributed by atoms with Gasteiger partial charge in [-0.15, -0.1) is 0 Å². The number of halogens is 16. The van der Waals surface area contributed by atoms with Gasteiger partial charge in [0.2, 0.25) is 0 Å². The van der Waals surface area contributed by atoms with Crippen molar-refractivity contribution in [3.05, 3.63) is 0 Å². The second kappa shape index (κ2) is 5.71. The van der Waals surface area contributed by atoms with Crippen molar-refractivity contribution in [1.29, 1.82) is 0 Å². The van der Waals surface area contributed by atoms with Crippen molar-refractivity contribution in [1.82, 2.24) is 0 Å². The zero-order valence-electron chi connectivity index (χ0n) is 10.2. The van der Waals surface area contributed by atoms with Crippen LogP contribution in [0.4, 0.5) is 70.2 Å². The van der Waals surface area contributed by atoms with Crippen LogP contribution in [-0.4, -0.2) is 43.0 Å². The van der Waals surface area contributed by atoms with E-state index in [4.69, 9.17) is 0 Å². The Kier molecular flexibility index (Phi) is 5.44. The number of hydrogen-bond donors (Lipinski definition) is 0. The minimum Gasteiger partial charge on any atom is -0.240 e.